The van der Waals surface area contributed by atoms with Crippen molar-refractivity contribution in [1.29, 1.82) is 5.26 Å². The molecule has 2 bridgehead atoms. The Hall–Kier alpha value is -4.08. The Labute approximate surface area is 228 Å². The van der Waals surface area contributed by atoms with Gasteiger partial charge in [0.15, 0.2) is 5.01 Å². The number of hydrogen-bond acceptors (Lipinski definition) is 10. The summed E-state index contributed by atoms with van der Waals surface area (Å²) in [5, 5.41) is 31.2. The predicted octanol–water partition coefficient (Wildman–Crippen LogP) is 2.95. The first-order valence-corrected chi connectivity index (χ1v) is 13.8. The summed E-state index contributed by atoms with van der Waals surface area (Å²) in [6.45, 7) is 6.69. The first-order valence-electron chi connectivity index (χ1n) is 13.0. The number of carbonyl (C=O) groups is 1. The second kappa shape index (κ2) is 9.00. The lowest BCUT2D eigenvalue weighted by Gasteiger charge is -2.53. The maximum Gasteiger partial charge on any atom is 0.217 e. The van der Waals surface area contributed by atoms with Crippen LogP contribution in [0.2, 0.25) is 0 Å². The summed E-state index contributed by atoms with van der Waals surface area (Å²) >= 11 is 1.56. The molecule has 3 atom stereocenters. The molecule has 4 aromatic heterocycles. The first-order chi connectivity index (χ1) is 18.9. The van der Waals surface area contributed by atoms with Gasteiger partial charge in [0.05, 0.1) is 53.0 Å². The van der Waals surface area contributed by atoms with Gasteiger partial charge in [-0.2, -0.15) is 10.4 Å². The highest BCUT2D eigenvalue weighted by atomic mass is 32.1. The quantitative estimate of drug-likeness (QED) is 0.378. The molecule has 4 aliphatic rings. The van der Waals surface area contributed by atoms with Crippen LogP contribution in [0.5, 0.6) is 0 Å². The zero-order chi connectivity index (χ0) is 26.7. The van der Waals surface area contributed by atoms with Crippen molar-refractivity contribution in [3.05, 3.63) is 42.2 Å². The predicted molar refractivity (Wildman–Crippen MR) is 146 cm³/mol. The Bertz CT molecular complexity index is 1620. The molecule has 0 radical (unpaired) electrons. The minimum absolute atomic E-state index is 0.0405. The SMILES string of the molecule is CC(=O)NC1[C@@H]2C[C@H]1CN(c1nnc(-c3cnc(-c4ccc5cc(C#N)cnn45)cc3NC3(C)COC3)s1)C2. The minimum atomic E-state index is -0.186. The van der Waals surface area contributed by atoms with Gasteiger partial charge < -0.3 is 20.3 Å². The van der Waals surface area contributed by atoms with E-state index in [1.165, 1.54) is 0 Å². The summed E-state index contributed by atoms with van der Waals surface area (Å²) in [6, 6.07) is 10.1. The van der Waals surface area contributed by atoms with Crippen LogP contribution in [0.1, 0.15) is 25.8 Å². The van der Waals surface area contributed by atoms with Crippen LogP contribution < -0.4 is 15.5 Å². The van der Waals surface area contributed by atoms with Gasteiger partial charge in [-0.05, 0) is 49.4 Å². The number of hydrogen-bond donors (Lipinski definition) is 2. The number of amides is 1. The Balaban J connectivity index is 1.20. The van der Waals surface area contributed by atoms with E-state index in [2.05, 4.69) is 43.8 Å². The molecule has 12 heteroatoms. The number of piperidine rings is 2. The minimum Gasteiger partial charge on any atom is -0.376 e. The molecule has 1 saturated carbocycles. The molecule has 0 spiro atoms. The van der Waals surface area contributed by atoms with E-state index in [4.69, 9.17) is 9.72 Å². The number of nitrogens with zero attached hydrogens (tertiary/aromatic N) is 7. The van der Waals surface area contributed by atoms with E-state index in [1.54, 1.807) is 29.0 Å². The summed E-state index contributed by atoms with van der Waals surface area (Å²) in [7, 11) is 0. The van der Waals surface area contributed by atoms with E-state index in [9.17, 15) is 10.1 Å². The normalized spacial score (nSPS) is 23.0. The van der Waals surface area contributed by atoms with Gasteiger partial charge in [-0.25, -0.2) is 4.52 Å². The average molecular weight is 542 g/mol. The van der Waals surface area contributed by atoms with Crippen molar-refractivity contribution in [1.82, 2.24) is 30.1 Å². The van der Waals surface area contributed by atoms with Crippen LogP contribution in [-0.4, -0.2) is 68.6 Å². The summed E-state index contributed by atoms with van der Waals surface area (Å²) in [4.78, 5) is 18.6. The number of fused-ring (bicyclic) bond motifs is 3. The third kappa shape index (κ3) is 4.18. The molecule has 3 aliphatic heterocycles. The van der Waals surface area contributed by atoms with Gasteiger partial charge in [0, 0.05) is 37.9 Å². The Morgan fingerprint density at radius 3 is 2.74 bits per heavy atom. The van der Waals surface area contributed by atoms with E-state index >= 15 is 0 Å². The van der Waals surface area contributed by atoms with E-state index in [-0.39, 0.29) is 17.5 Å². The number of nitrogens with one attached hydrogen (secondary N) is 2. The Morgan fingerprint density at radius 1 is 1.21 bits per heavy atom. The summed E-state index contributed by atoms with van der Waals surface area (Å²) in [6.07, 6.45) is 4.55. The van der Waals surface area contributed by atoms with Crippen LogP contribution in [0, 0.1) is 23.2 Å². The standard InChI is InChI=1S/C27H27N9O2S/c1-15(37)31-24-17-6-18(24)12-35(11-17)26-34-33-25(39-26)20-10-29-22(7-21(20)32-27(2)13-38-14-27)23-4-3-19-5-16(8-28)9-30-36(19)23/h3-5,7,9-10,17-18,24H,6,11-14H2,1-2H3,(H,29,32)(H,31,37)/t17-,18+,24?. The van der Waals surface area contributed by atoms with Crippen LogP contribution in [-0.2, 0) is 9.53 Å². The number of aromatic nitrogens is 5. The Kier molecular flexibility index (Phi) is 5.54. The van der Waals surface area contributed by atoms with Gasteiger partial charge in [0.25, 0.3) is 0 Å². The highest BCUT2D eigenvalue weighted by molar-refractivity contribution is 7.18. The topological polar surface area (TPSA) is 133 Å². The lowest BCUT2D eigenvalue weighted by atomic mass is 9.66. The third-order valence-electron chi connectivity index (χ3n) is 7.89. The van der Waals surface area contributed by atoms with Crippen LogP contribution in [0.3, 0.4) is 0 Å². The van der Waals surface area contributed by atoms with Gasteiger partial charge in [-0.1, -0.05) is 11.3 Å². The van der Waals surface area contributed by atoms with Crippen molar-refractivity contribution < 1.29 is 9.53 Å². The van der Waals surface area contributed by atoms with Gasteiger partial charge >= 0.3 is 0 Å². The summed E-state index contributed by atoms with van der Waals surface area (Å²) in [5.74, 6) is 0.941. The molecule has 1 amide bonds. The van der Waals surface area contributed by atoms with Crippen molar-refractivity contribution in [2.45, 2.75) is 31.8 Å². The number of nitriles is 1. The van der Waals surface area contributed by atoms with Crippen LogP contribution in [0.4, 0.5) is 10.8 Å². The number of anilines is 2. The molecule has 11 nitrogen and oxygen atoms in total. The molecule has 8 rings (SSSR count). The van der Waals surface area contributed by atoms with Crippen molar-refractivity contribution in [3.63, 3.8) is 0 Å². The van der Waals surface area contributed by atoms with Crippen molar-refractivity contribution in [2.24, 2.45) is 11.8 Å². The van der Waals surface area contributed by atoms with E-state index in [0.717, 1.165) is 57.8 Å². The molecule has 39 heavy (non-hydrogen) atoms. The molecule has 4 fully saturated rings. The molecule has 4 aromatic rings. The van der Waals surface area contributed by atoms with Gasteiger partial charge in [0.2, 0.25) is 11.0 Å². The fraction of sp³-hybridized carbons (Fsp3) is 0.407. The highest BCUT2D eigenvalue weighted by Gasteiger charge is 2.47. The van der Waals surface area contributed by atoms with Crippen LogP contribution >= 0.6 is 11.3 Å². The zero-order valence-electron chi connectivity index (χ0n) is 21.6. The molecule has 3 saturated heterocycles. The van der Waals surface area contributed by atoms with Crippen molar-refractivity contribution in [3.8, 4) is 28.0 Å². The summed E-state index contributed by atoms with van der Waals surface area (Å²) in [5.41, 5.74) is 4.54. The molecule has 198 valence electrons. The van der Waals surface area contributed by atoms with Crippen molar-refractivity contribution >= 4 is 33.6 Å². The molecule has 0 aromatic carbocycles. The van der Waals surface area contributed by atoms with Gasteiger partial charge in [-0.3, -0.25) is 9.78 Å². The second-order valence-corrected chi connectivity index (χ2v) is 11.9. The largest absolute Gasteiger partial charge is 0.376 e. The molecular formula is C27H27N9O2S. The zero-order valence-corrected chi connectivity index (χ0v) is 22.4. The van der Waals surface area contributed by atoms with Crippen molar-refractivity contribution in [2.75, 3.05) is 36.5 Å². The molecule has 1 aliphatic carbocycles. The van der Waals surface area contributed by atoms with Crippen LogP contribution in [0.25, 0.3) is 27.5 Å². The fourth-order valence-corrected chi connectivity index (χ4v) is 6.78. The van der Waals surface area contributed by atoms with Gasteiger partial charge in [0.1, 0.15) is 6.07 Å². The Morgan fingerprint density at radius 2 is 2.03 bits per heavy atom. The number of rotatable bonds is 6. The maximum absolute atomic E-state index is 11.6. The smallest absolute Gasteiger partial charge is 0.217 e. The van der Waals surface area contributed by atoms with E-state index in [1.807, 2.05) is 30.5 Å². The average Bonchev–Trinajstić information content (AvgIpc) is 3.58. The number of ether oxygens (including phenoxy) is 1. The van der Waals surface area contributed by atoms with Crippen LogP contribution in [0.15, 0.2) is 36.7 Å². The number of carbonyl (C=O) groups excluding carboxylic acids is 1. The summed E-state index contributed by atoms with van der Waals surface area (Å²) < 4.78 is 7.28. The fourth-order valence-electron chi connectivity index (χ4n) is 5.90. The molecular weight excluding hydrogens is 514 g/mol. The highest BCUT2D eigenvalue weighted by Crippen LogP contribution is 2.44. The molecule has 1 unspecified atom stereocenters. The monoisotopic (exact) mass is 541 g/mol. The van der Waals surface area contributed by atoms with Gasteiger partial charge in [-0.15, -0.1) is 10.2 Å². The van der Waals surface area contributed by atoms with E-state index in [0.29, 0.717) is 30.6 Å². The second-order valence-electron chi connectivity index (χ2n) is 11.0. The lowest BCUT2D eigenvalue weighted by Crippen LogP contribution is -2.64. The molecule has 2 N–H and O–H groups in total. The molecule has 7 heterocycles. The van der Waals surface area contributed by atoms with E-state index < -0.39 is 0 Å². The number of pyridine rings is 1. The first kappa shape index (κ1) is 24.0. The maximum atomic E-state index is 11.6. The third-order valence-corrected chi connectivity index (χ3v) is 8.91. The lowest BCUT2D eigenvalue weighted by molar-refractivity contribution is -0.122.